The molecule has 2 aromatic carbocycles. The van der Waals surface area contributed by atoms with Gasteiger partial charge in [0.15, 0.2) is 0 Å². The Hall–Kier alpha value is -2.99. The average Bonchev–Trinajstić information content (AvgIpc) is 2.68. The molecule has 1 aliphatic rings. The summed E-state index contributed by atoms with van der Waals surface area (Å²) in [5, 5.41) is 0.520. The number of benzene rings is 2. The summed E-state index contributed by atoms with van der Waals surface area (Å²) in [6, 6.07) is 10.2. The van der Waals surface area contributed by atoms with Crippen molar-refractivity contribution in [2.75, 3.05) is 13.7 Å². The summed E-state index contributed by atoms with van der Waals surface area (Å²) in [6.45, 7) is 3.88. The number of halogens is 1. The van der Waals surface area contributed by atoms with Crippen LogP contribution in [0.5, 0.6) is 0 Å². The Balaban J connectivity index is 2.16. The van der Waals surface area contributed by atoms with E-state index in [1.165, 1.54) is 13.3 Å². The summed E-state index contributed by atoms with van der Waals surface area (Å²) < 4.78 is 9.95. The van der Waals surface area contributed by atoms with Crippen molar-refractivity contribution in [1.29, 1.82) is 0 Å². The highest BCUT2D eigenvalue weighted by Crippen LogP contribution is 2.34. The average molecular weight is 399 g/mol. The van der Waals surface area contributed by atoms with Crippen molar-refractivity contribution in [2.24, 2.45) is 15.9 Å². The Kier molecular flexibility index (Phi) is 5.90. The number of aliphatic imine (C=N–C) groups is 2. The number of esters is 2. The van der Waals surface area contributed by atoms with Crippen molar-refractivity contribution in [3.8, 4) is 0 Å². The number of carbonyl (C=O) groups is 2. The van der Waals surface area contributed by atoms with Crippen molar-refractivity contribution >= 4 is 46.8 Å². The maximum atomic E-state index is 12.5. The molecule has 6 nitrogen and oxygen atoms in total. The van der Waals surface area contributed by atoms with E-state index in [9.17, 15) is 9.59 Å². The van der Waals surface area contributed by atoms with Crippen molar-refractivity contribution in [3.05, 3.63) is 58.1 Å². The molecule has 3 rings (SSSR count). The van der Waals surface area contributed by atoms with Crippen LogP contribution in [-0.4, -0.2) is 37.6 Å². The van der Waals surface area contributed by atoms with E-state index in [1.54, 1.807) is 43.3 Å². The van der Waals surface area contributed by atoms with Gasteiger partial charge in [-0.25, -0.2) is 4.79 Å². The Morgan fingerprint density at radius 2 is 2.04 bits per heavy atom. The number of hydrogen-bond donors (Lipinski definition) is 0. The molecule has 0 bridgehead atoms. The highest BCUT2D eigenvalue weighted by molar-refractivity contribution is 6.32. The summed E-state index contributed by atoms with van der Waals surface area (Å²) in [6.07, 6.45) is 1.53. The zero-order chi connectivity index (χ0) is 20.3. The monoisotopic (exact) mass is 398 g/mol. The number of methoxy groups -OCH3 is 1. The number of hydrogen-bond acceptors (Lipinski definition) is 6. The molecule has 1 atom stereocenters. The molecule has 0 radical (unpaired) electrons. The molecule has 28 heavy (non-hydrogen) atoms. The summed E-state index contributed by atoms with van der Waals surface area (Å²) in [5.74, 6) is -1.68. The van der Waals surface area contributed by atoms with E-state index < -0.39 is 17.9 Å². The molecule has 1 aliphatic heterocycles. The lowest BCUT2D eigenvalue weighted by Crippen LogP contribution is -2.30. The molecular formula is C21H19ClN2O4. The van der Waals surface area contributed by atoms with Gasteiger partial charge in [-0.05, 0) is 49.7 Å². The van der Waals surface area contributed by atoms with Gasteiger partial charge in [0.2, 0.25) is 0 Å². The molecule has 1 heterocycles. The van der Waals surface area contributed by atoms with Crippen LogP contribution in [0.1, 0.15) is 28.4 Å². The van der Waals surface area contributed by atoms with Gasteiger partial charge in [0.05, 0.1) is 36.4 Å². The first kappa shape index (κ1) is 19.8. The molecule has 7 heteroatoms. The Labute approximate surface area is 167 Å². The van der Waals surface area contributed by atoms with Crippen LogP contribution in [0.2, 0.25) is 5.02 Å². The number of ether oxygens (including phenoxy) is 2. The van der Waals surface area contributed by atoms with E-state index in [0.29, 0.717) is 33.2 Å². The van der Waals surface area contributed by atoms with Crippen LogP contribution >= 0.6 is 11.6 Å². The summed E-state index contributed by atoms with van der Waals surface area (Å²) in [7, 11) is 1.32. The second kappa shape index (κ2) is 8.35. The lowest BCUT2D eigenvalue weighted by Gasteiger charge is -2.21. The van der Waals surface area contributed by atoms with Gasteiger partial charge in [-0.1, -0.05) is 17.7 Å². The second-order valence-corrected chi connectivity index (χ2v) is 6.60. The lowest BCUT2D eigenvalue weighted by atomic mass is 9.91. The van der Waals surface area contributed by atoms with Gasteiger partial charge in [0.1, 0.15) is 5.92 Å². The van der Waals surface area contributed by atoms with Gasteiger partial charge in [-0.3, -0.25) is 14.8 Å². The minimum atomic E-state index is -0.771. The second-order valence-electron chi connectivity index (χ2n) is 6.17. The van der Waals surface area contributed by atoms with E-state index in [2.05, 4.69) is 9.98 Å². The molecule has 2 aromatic rings. The topological polar surface area (TPSA) is 77.3 Å². The fourth-order valence-corrected chi connectivity index (χ4v) is 3.26. The summed E-state index contributed by atoms with van der Waals surface area (Å²) in [4.78, 5) is 33.4. The maximum absolute atomic E-state index is 12.5. The van der Waals surface area contributed by atoms with Crippen molar-refractivity contribution < 1.29 is 19.1 Å². The van der Waals surface area contributed by atoms with Crippen LogP contribution in [0.15, 0.2) is 46.4 Å². The zero-order valence-electron chi connectivity index (χ0n) is 15.7. The summed E-state index contributed by atoms with van der Waals surface area (Å²) in [5.41, 5.74) is 3.57. The smallest absolute Gasteiger partial charge is 0.337 e. The molecular weight excluding hydrogens is 380 g/mol. The SMILES string of the molecule is CCOC(=O)C1C=Nc2c(C)cc(Cl)cc2C1=Nc1cccc(C(=O)OC)c1. The molecule has 0 saturated heterocycles. The minimum absolute atomic E-state index is 0.246. The van der Waals surface area contributed by atoms with Crippen LogP contribution in [-0.2, 0) is 14.3 Å². The normalized spacial score (nSPS) is 16.6. The van der Waals surface area contributed by atoms with Gasteiger partial charge in [-0.2, -0.15) is 0 Å². The quantitative estimate of drug-likeness (QED) is 0.713. The van der Waals surface area contributed by atoms with E-state index in [-0.39, 0.29) is 6.61 Å². The van der Waals surface area contributed by atoms with Crippen LogP contribution in [0, 0.1) is 12.8 Å². The third kappa shape index (κ3) is 3.97. The number of nitrogens with zero attached hydrogens (tertiary/aromatic N) is 2. The fourth-order valence-electron chi connectivity index (χ4n) is 2.98. The summed E-state index contributed by atoms with van der Waals surface area (Å²) >= 11 is 6.24. The van der Waals surface area contributed by atoms with Crippen molar-refractivity contribution in [3.63, 3.8) is 0 Å². The number of aryl methyl sites for hydroxylation is 1. The standard InChI is InChI=1S/C21H19ClN2O4/c1-4-28-21(26)17-11-23-18-12(2)8-14(22)10-16(18)19(17)24-15-7-5-6-13(9-15)20(25)27-3/h5-11,17H,4H2,1-3H3. The number of carbonyl (C=O) groups excluding carboxylic acids is 2. The number of rotatable bonds is 4. The fraction of sp³-hybridized carbons (Fsp3) is 0.238. The van der Waals surface area contributed by atoms with Gasteiger partial charge >= 0.3 is 11.9 Å². The predicted octanol–water partition coefficient (Wildman–Crippen LogP) is 4.45. The van der Waals surface area contributed by atoms with Crippen LogP contribution < -0.4 is 0 Å². The Morgan fingerprint density at radius 3 is 2.75 bits per heavy atom. The molecule has 0 amide bonds. The first-order valence-electron chi connectivity index (χ1n) is 8.73. The van der Waals surface area contributed by atoms with Crippen LogP contribution in [0.25, 0.3) is 0 Å². The van der Waals surface area contributed by atoms with E-state index in [0.717, 1.165) is 5.56 Å². The van der Waals surface area contributed by atoms with E-state index in [1.807, 2.05) is 6.92 Å². The van der Waals surface area contributed by atoms with Gasteiger partial charge in [-0.15, -0.1) is 0 Å². The maximum Gasteiger partial charge on any atom is 0.337 e. The zero-order valence-corrected chi connectivity index (χ0v) is 16.5. The molecule has 144 valence electrons. The third-order valence-corrected chi connectivity index (χ3v) is 4.46. The van der Waals surface area contributed by atoms with E-state index in [4.69, 9.17) is 21.1 Å². The third-order valence-electron chi connectivity index (χ3n) is 4.25. The molecule has 0 spiro atoms. The number of fused-ring (bicyclic) bond motifs is 1. The predicted molar refractivity (Wildman–Crippen MR) is 108 cm³/mol. The van der Waals surface area contributed by atoms with Crippen molar-refractivity contribution in [1.82, 2.24) is 0 Å². The lowest BCUT2D eigenvalue weighted by molar-refractivity contribution is -0.143. The molecule has 0 saturated carbocycles. The largest absolute Gasteiger partial charge is 0.465 e. The van der Waals surface area contributed by atoms with E-state index >= 15 is 0 Å². The van der Waals surface area contributed by atoms with Gasteiger partial charge < -0.3 is 9.47 Å². The Bertz CT molecular complexity index is 998. The molecule has 0 fully saturated rings. The molecule has 1 unspecified atom stereocenters. The highest BCUT2D eigenvalue weighted by atomic mass is 35.5. The molecule has 0 aliphatic carbocycles. The first-order valence-corrected chi connectivity index (χ1v) is 9.10. The van der Waals surface area contributed by atoms with Crippen LogP contribution in [0.4, 0.5) is 11.4 Å². The molecule has 0 aromatic heterocycles. The minimum Gasteiger partial charge on any atom is -0.465 e. The molecule has 0 N–H and O–H groups in total. The van der Waals surface area contributed by atoms with Crippen molar-refractivity contribution in [2.45, 2.75) is 13.8 Å². The Morgan fingerprint density at radius 1 is 1.25 bits per heavy atom. The first-order chi connectivity index (χ1) is 13.4. The van der Waals surface area contributed by atoms with Gasteiger partial charge in [0, 0.05) is 16.8 Å². The van der Waals surface area contributed by atoms with Crippen LogP contribution in [0.3, 0.4) is 0 Å². The van der Waals surface area contributed by atoms with Gasteiger partial charge in [0.25, 0.3) is 0 Å². The highest BCUT2D eigenvalue weighted by Gasteiger charge is 2.31.